The van der Waals surface area contributed by atoms with Crippen molar-refractivity contribution in [3.63, 3.8) is 0 Å². The minimum Gasteiger partial charge on any atom is -0.383 e. The van der Waals surface area contributed by atoms with Crippen LogP contribution in [0, 0.1) is 10.1 Å². The maximum absolute atomic E-state index is 11.0. The van der Waals surface area contributed by atoms with Crippen LogP contribution < -0.4 is 5.32 Å². The molecule has 0 heterocycles. The zero-order chi connectivity index (χ0) is 12.1. The standard InChI is InChI=1S/C11H16N2O2S/c1-4-8(2)16-10-7-5-6-9(12-3)11(10)13(14)15/h5-8,12H,4H2,1-3H3. The summed E-state index contributed by atoms with van der Waals surface area (Å²) in [5, 5.41) is 14.3. The van der Waals surface area contributed by atoms with Crippen molar-refractivity contribution in [3.05, 3.63) is 28.3 Å². The first-order chi connectivity index (χ1) is 7.60. The summed E-state index contributed by atoms with van der Waals surface area (Å²) < 4.78 is 0. The van der Waals surface area contributed by atoms with Crippen molar-refractivity contribution in [1.29, 1.82) is 0 Å². The average molecular weight is 240 g/mol. The number of nitrogens with one attached hydrogen (secondary N) is 1. The van der Waals surface area contributed by atoms with E-state index in [0.717, 1.165) is 11.3 Å². The van der Waals surface area contributed by atoms with Gasteiger partial charge in [0.2, 0.25) is 0 Å². The molecule has 0 aliphatic carbocycles. The summed E-state index contributed by atoms with van der Waals surface area (Å²) in [5.41, 5.74) is 0.744. The Morgan fingerprint density at radius 1 is 1.56 bits per heavy atom. The number of hydrogen-bond donors (Lipinski definition) is 1. The van der Waals surface area contributed by atoms with Gasteiger partial charge in [-0.05, 0) is 18.6 Å². The molecule has 1 unspecified atom stereocenters. The highest BCUT2D eigenvalue weighted by atomic mass is 32.2. The molecule has 1 aromatic rings. The quantitative estimate of drug-likeness (QED) is 0.486. The smallest absolute Gasteiger partial charge is 0.305 e. The Bertz CT molecular complexity index is 382. The fourth-order valence-electron chi connectivity index (χ4n) is 1.31. The van der Waals surface area contributed by atoms with E-state index in [9.17, 15) is 10.1 Å². The minimum absolute atomic E-state index is 0.176. The summed E-state index contributed by atoms with van der Waals surface area (Å²) in [6, 6.07) is 5.36. The molecule has 0 saturated carbocycles. The second-order valence-electron chi connectivity index (χ2n) is 3.50. The third-order valence-electron chi connectivity index (χ3n) is 2.35. The number of hydrogen-bond acceptors (Lipinski definition) is 4. The van der Waals surface area contributed by atoms with Crippen LogP contribution in [0.2, 0.25) is 0 Å². The van der Waals surface area contributed by atoms with E-state index in [-0.39, 0.29) is 10.6 Å². The van der Waals surface area contributed by atoms with Crippen LogP contribution in [0.15, 0.2) is 23.1 Å². The van der Waals surface area contributed by atoms with Crippen LogP contribution in [0.4, 0.5) is 11.4 Å². The molecule has 16 heavy (non-hydrogen) atoms. The highest BCUT2D eigenvalue weighted by Gasteiger charge is 2.20. The van der Waals surface area contributed by atoms with E-state index in [1.165, 1.54) is 0 Å². The molecule has 0 bridgehead atoms. The lowest BCUT2D eigenvalue weighted by atomic mass is 10.2. The van der Waals surface area contributed by atoms with Gasteiger partial charge >= 0.3 is 5.69 Å². The van der Waals surface area contributed by atoms with Gasteiger partial charge in [0.25, 0.3) is 0 Å². The molecule has 0 aliphatic rings. The Hall–Kier alpha value is -1.23. The van der Waals surface area contributed by atoms with Gasteiger partial charge in [-0.1, -0.05) is 19.9 Å². The van der Waals surface area contributed by atoms with Crippen molar-refractivity contribution in [2.24, 2.45) is 0 Å². The molecular weight excluding hydrogens is 224 g/mol. The lowest BCUT2D eigenvalue weighted by molar-refractivity contribution is -0.386. The molecule has 0 amide bonds. The van der Waals surface area contributed by atoms with Crippen LogP contribution >= 0.6 is 11.8 Å². The molecule has 0 radical (unpaired) electrons. The summed E-state index contributed by atoms with van der Waals surface area (Å²) in [5.74, 6) is 0. The van der Waals surface area contributed by atoms with Crippen LogP contribution in [-0.2, 0) is 0 Å². The average Bonchev–Trinajstić information content (AvgIpc) is 2.28. The van der Waals surface area contributed by atoms with Crippen molar-refractivity contribution in [2.45, 2.75) is 30.4 Å². The zero-order valence-corrected chi connectivity index (χ0v) is 10.5. The number of rotatable bonds is 5. The largest absolute Gasteiger partial charge is 0.383 e. The van der Waals surface area contributed by atoms with E-state index < -0.39 is 0 Å². The zero-order valence-electron chi connectivity index (χ0n) is 9.69. The maximum Gasteiger partial charge on any atom is 0.305 e. The highest BCUT2D eigenvalue weighted by Crippen LogP contribution is 2.37. The van der Waals surface area contributed by atoms with E-state index in [4.69, 9.17) is 0 Å². The lowest BCUT2D eigenvalue weighted by Crippen LogP contribution is -2.00. The lowest BCUT2D eigenvalue weighted by Gasteiger charge is -2.10. The predicted molar refractivity (Wildman–Crippen MR) is 68.3 cm³/mol. The molecule has 4 nitrogen and oxygen atoms in total. The third-order valence-corrected chi connectivity index (χ3v) is 3.67. The molecule has 0 fully saturated rings. The monoisotopic (exact) mass is 240 g/mol. The first kappa shape index (κ1) is 12.8. The molecule has 1 rings (SSSR count). The van der Waals surface area contributed by atoms with Gasteiger partial charge in [-0.15, -0.1) is 11.8 Å². The number of para-hydroxylation sites is 1. The van der Waals surface area contributed by atoms with Crippen molar-refractivity contribution >= 4 is 23.1 Å². The first-order valence-electron chi connectivity index (χ1n) is 5.22. The molecule has 1 N–H and O–H groups in total. The Labute approximate surface area is 99.6 Å². The molecular formula is C11H16N2O2S. The maximum atomic E-state index is 11.0. The van der Waals surface area contributed by atoms with E-state index in [0.29, 0.717) is 10.9 Å². The number of thioether (sulfide) groups is 1. The van der Waals surface area contributed by atoms with Crippen LogP contribution in [0.3, 0.4) is 0 Å². The van der Waals surface area contributed by atoms with Crippen molar-refractivity contribution in [2.75, 3.05) is 12.4 Å². The van der Waals surface area contributed by atoms with Gasteiger partial charge in [0.05, 0.1) is 9.82 Å². The normalized spacial score (nSPS) is 12.2. The number of nitro benzene ring substituents is 1. The van der Waals surface area contributed by atoms with Crippen LogP contribution in [-0.4, -0.2) is 17.2 Å². The Morgan fingerprint density at radius 2 is 2.25 bits per heavy atom. The molecule has 0 aromatic heterocycles. The van der Waals surface area contributed by atoms with Gasteiger partial charge in [-0.3, -0.25) is 10.1 Å². The van der Waals surface area contributed by atoms with Gasteiger partial charge < -0.3 is 5.32 Å². The van der Waals surface area contributed by atoms with Gasteiger partial charge in [-0.2, -0.15) is 0 Å². The second kappa shape index (κ2) is 5.75. The van der Waals surface area contributed by atoms with E-state index >= 15 is 0 Å². The van der Waals surface area contributed by atoms with Gasteiger partial charge in [-0.25, -0.2) is 0 Å². The molecule has 88 valence electrons. The molecule has 0 aliphatic heterocycles. The van der Waals surface area contributed by atoms with Crippen LogP contribution in [0.1, 0.15) is 20.3 Å². The number of nitrogens with zero attached hydrogens (tertiary/aromatic N) is 1. The van der Waals surface area contributed by atoms with E-state index in [1.807, 2.05) is 6.07 Å². The van der Waals surface area contributed by atoms with Crippen molar-refractivity contribution < 1.29 is 4.92 Å². The molecule has 1 atom stereocenters. The summed E-state index contributed by atoms with van der Waals surface area (Å²) in [6.45, 7) is 4.14. The SMILES string of the molecule is CCC(C)Sc1cccc(NC)c1[N+](=O)[O-]. The minimum atomic E-state index is -0.323. The summed E-state index contributed by atoms with van der Waals surface area (Å²) in [7, 11) is 1.69. The van der Waals surface area contributed by atoms with Crippen LogP contribution in [0.25, 0.3) is 0 Å². The molecule has 0 saturated heterocycles. The summed E-state index contributed by atoms with van der Waals surface area (Å²) >= 11 is 1.55. The Balaban J connectivity index is 3.12. The second-order valence-corrected chi connectivity index (χ2v) is 4.98. The summed E-state index contributed by atoms with van der Waals surface area (Å²) in [4.78, 5) is 11.4. The molecule has 5 heteroatoms. The van der Waals surface area contributed by atoms with Gasteiger partial charge in [0.1, 0.15) is 5.69 Å². The van der Waals surface area contributed by atoms with Crippen molar-refractivity contribution in [3.8, 4) is 0 Å². The van der Waals surface area contributed by atoms with Crippen LogP contribution in [0.5, 0.6) is 0 Å². The Kier molecular flexibility index (Phi) is 4.61. The van der Waals surface area contributed by atoms with Crippen molar-refractivity contribution in [1.82, 2.24) is 0 Å². The fraction of sp³-hybridized carbons (Fsp3) is 0.455. The van der Waals surface area contributed by atoms with E-state index in [2.05, 4.69) is 19.2 Å². The predicted octanol–water partition coefficient (Wildman–Crippen LogP) is 3.53. The number of nitro groups is 1. The van der Waals surface area contributed by atoms with Gasteiger partial charge in [0.15, 0.2) is 0 Å². The van der Waals surface area contributed by atoms with Gasteiger partial charge in [0, 0.05) is 12.3 Å². The molecule has 1 aromatic carbocycles. The first-order valence-corrected chi connectivity index (χ1v) is 6.09. The number of anilines is 1. The van der Waals surface area contributed by atoms with E-state index in [1.54, 1.807) is 30.9 Å². The third kappa shape index (κ3) is 2.88. The highest BCUT2D eigenvalue weighted by molar-refractivity contribution is 8.00. The fourth-order valence-corrected chi connectivity index (χ4v) is 2.36. The number of benzene rings is 1. The topological polar surface area (TPSA) is 55.2 Å². The Morgan fingerprint density at radius 3 is 2.75 bits per heavy atom. The molecule has 0 spiro atoms. The summed E-state index contributed by atoms with van der Waals surface area (Å²) in [6.07, 6.45) is 0.992.